The van der Waals surface area contributed by atoms with Crippen LogP contribution in [-0.2, 0) is 14.8 Å². The Labute approximate surface area is 144 Å². The highest BCUT2D eigenvalue weighted by Crippen LogP contribution is 2.53. The van der Waals surface area contributed by atoms with Crippen molar-refractivity contribution in [3.8, 4) is 5.75 Å². The van der Waals surface area contributed by atoms with Gasteiger partial charge in [0, 0.05) is 44.0 Å². The number of piperidine rings is 1. The second-order valence-electron chi connectivity index (χ2n) is 7.41. The fraction of sp³-hybridized carbons (Fsp3) is 0.667. The molecule has 24 heavy (non-hydrogen) atoms. The molecular formula is C18H25NO4S. The van der Waals surface area contributed by atoms with Gasteiger partial charge in [0.2, 0.25) is 10.0 Å². The van der Waals surface area contributed by atoms with E-state index in [-0.39, 0.29) is 11.7 Å². The molecule has 4 rings (SSSR count). The van der Waals surface area contributed by atoms with Crippen molar-refractivity contribution in [1.29, 1.82) is 0 Å². The van der Waals surface area contributed by atoms with Crippen LogP contribution in [0.5, 0.6) is 5.75 Å². The molecule has 6 heteroatoms. The van der Waals surface area contributed by atoms with Crippen LogP contribution in [0.2, 0.25) is 0 Å². The molecule has 1 spiro atoms. The SMILES string of the molecule is Cc1ccc2c(c1)OC1(CCN(S(C)(=O)=O)CC1)[C@H]1CCCO[C@H]21. The number of nitrogens with zero attached hydrogens (tertiary/aromatic N) is 1. The minimum absolute atomic E-state index is 0.0767. The van der Waals surface area contributed by atoms with Crippen molar-refractivity contribution in [2.45, 2.75) is 44.3 Å². The first-order valence-corrected chi connectivity index (χ1v) is 10.6. The molecule has 3 aliphatic heterocycles. The van der Waals surface area contributed by atoms with Crippen LogP contribution in [-0.4, -0.2) is 44.3 Å². The van der Waals surface area contributed by atoms with Crippen molar-refractivity contribution in [3.63, 3.8) is 0 Å². The summed E-state index contributed by atoms with van der Waals surface area (Å²) >= 11 is 0. The van der Waals surface area contributed by atoms with Gasteiger partial charge in [0.25, 0.3) is 0 Å². The van der Waals surface area contributed by atoms with Crippen molar-refractivity contribution in [2.24, 2.45) is 5.92 Å². The fourth-order valence-corrected chi connectivity index (χ4v) is 5.40. The summed E-state index contributed by atoms with van der Waals surface area (Å²) in [6.07, 6.45) is 4.96. The largest absolute Gasteiger partial charge is 0.486 e. The summed E-state index contributed by atoms with van der Waals surface area (Å²) in [4.78, 5) is 0. The first-order chi connectivity index (χ1) is 11.4. The molecule has 3 aliphatic rings. The molecule has 0 amide bonds. The second-order valence-corrected chi connectivity index (χ2v) is 9.39. The van der Waals surface area contributed by atoms with Gasteiger partial charge in [0.15, 0.2) is 0 Å². The van der Waals surface area contributed by atoms with E-state index in [0.29, 0.717) is 19.0 Å². The van der Waals surface area contributed by atoms with E-state index in [1.165, 1.54) is 11.8 Å². The minimum Gasteiger partial charge on any atom is -0.486 e. The van der Waals surface area contributed by atoms with Gasteiger partial charge in [-0.1, -0.05) is 12.1 Å². The maximum atomic E-state index is 11.8. The van der Waals surface area contributed by atoms with E-state index in [0.717, 1.165) is 43.6 Å². The molecule has 0 radical (unpaired) electrons. The Balaban J connectivity index is 1.69. The quantitative estimate of drug-likeness (QED) is 0.780. The molecule has 5 nitrogen and oxygen atoms in total. The average Bonchev–Trinajstić information content (AvgIpc) is 2.54. The zero-order valence-corrected chi connectivity index (χ0v) is 15.1. The van der Waals surface area contributed by atoms with Gasteiger partial charge in [-0.25, -0.2) is 12.7 Å². The average molecular weight is 351 g/mol. The lowest BCUT2D eigenvalue weighted by Crippen LogP contribution is -2.57. The zero-order chi connectivity index (χ0) is 16.9. The Hall–Kier alpha value is -1.11. The Morgan fingerprint density at radius 2 is 2.00 bits per heavy atom. The van der Waals surface area contributed by atoms with Crippen molar-refractivity contribution < 1.29 is 17.9 Å². The topological polar surface area (TPSA) is 55.8 Å². The van der Waals surface area contributed by atoms with E-state index in [1.54, 1.807) is 4.31 Å². The van der Waals surface area contributed by atoms with Gasteiger partial charge in [0.05, 0.1) is 12.4 Å². The lowest BCUT2D eigenvalue weighted by Gasteiger charge is -2.53. The third kappa shape index (κ3) is 2.65. The lowest BCUT2D eigenvalue weighted by atomic mass is 9.70. The summed E-state index contributed by atoms with van der Waals surface area (Å²) in [6.45, 7) is 3.92. The fourth-order valence-electron chi connectivity index (χ4n) is 4.56. The number of ether oxygens (including phenoxy) is 2. The Morgan fingerprint density at radius 3 is 2.71 bits per heavy atom. The van der Waals surface area contributed by atoms with E-state index in [1.807, 2.05) is 0 Å². The van der Waals surface area contributed by atoms with E-state index in [4.69, 9.17) is 9.47 Å². The Bertz CT molecular complexity index is 737. The van der Waals surface area contributed by atoms with Gasteiger partial charge in [-0.2, -0.15) is 0 Å². The predicted octanol–water partition coefficient (Wildman–Crippen LogP) is 2.65. The number of hydrogen-bond acceptors (Lipinski definition) is 4. The van der Waals surface area contributed by atoms with Crippen molar-refractivity contribution in [3.05, 3.63) is 29.3 Å². The number of benzene rings is 1. The highest BCUT2D eigenvalue weighted by atomic mass is 32.2. The molecule has 0 unspecified atom stereocenters. The normalized spacial score (nSPS) is 29.6. The predicted molar refractivity (Wildman–Crippen MR) is 91.6 cm³/mol. The Kier molecular flexibility index (Phi) is 3.90. The molecule has 2 fully saturated rings. The van der Waals surface area contributed by atoms with Crippen LogP contribution in [0, 0.1) is 12.8 Å². The van der Waals surface area contributed by atoms with E-state index in [9.17, 15) is 8.42 Å². The van der Waals surface area contributed by atoms with Crippen LogP contribution in [0.15, 0.2) is 18.2 Å². The maximum absolute atomic E-state index is 11.8. The third-order valence-electron chi connectivity index (χ3n) is 5.82. The van der Waals surface area contributed by atoms with Crippen LogP contribution in [0.3, 0.4) is 0 Å². The summed E-state index contributed by atoms with van der Waals surface area (Å²) in [5.74, 6) is 1.23. The highest BCUT2D eigenvalue weighted by molar-refractivity contribution is 7.88. The van der Waals surface area contributed by atoms with Crippen LogP contribution in [0.25, 0.3) is 0 Å². The third-order valence-corrected chi connectivity index (χ3v) is 7.13. The summed E-state index contributed by atoms with van der Waals surface area (Å²) in [6, 6.07) is 6.34. The van der Waals surface area contributed by atoms with Crippen LogP contribution >= 0.6 is 0 Å². The van der Waals surface area contributed by atoms with Gasteiger partial charge in [-0.3, -0.25) is 0 Å². The smallest absolute Gasteiger partial charge is 0.211 e. The van der Waals surface area contributed by atoms with Gasteiger partial charge < -0.3 is 9.47 Å². The van der Waals surface area contributed by atoms with Crippen LogP contribution < -0.4 is 4.74 Å². The van der Waals surface area contributed by atoms with Crippen LogP contribution in [0.4, 0.5) is 0 Å². The number of aryl methyl sites for hydroxylation is 1. The molecule has 0 saturated carbocycles. The maximum Gasteiger partial charge on any atom is 0.211 e. The zero-order valence-electron chi connectivity index (χ0n) is 14.3. The molecule has 3 heterocycles. The molecule has 1 aromatic carbocycles. The molecule has 2 saturated heterocycles. The first kappa shape index (κ1) is 16.4. The Morgan fingerprint density at radius 1 is 1.25 bits per heavy atom. The van der Waals surface area contributed by atoms with Crippen molar-refractivity contribution in [1.82, 2.24) is 4.31 Å². The summed E-state index contributed by atoms with van der Waals surface area (Å²) in [5, 5.41) is 0. The molecule has 132 valence electrons. The molecular weight excluding hydrogens is 326 g/mol. The van der Waals surface area contributed by atoms with Gasteiger partial charge in [-0.05, 0) is 31.4 Å². The summed E-state index contributed by atoms with van der Waals surface area (Å²) < 4.78 is 38.0. The van der Waals surface area contributed by atoms with Crippen molar-refractivity contribution >= 4 is 10.0 Å². The van der Waals surface area contributed by atoms with E-state index >= 15 is 0 Å². The highest BCUT2D eigenvalue weighted by Gasteiger charge is 2.53. The number of hydrogen-bond donors (Lipinski definition) is 0. The lowest BCUT2D eigenvalue weighted by molar-refractivity contribution is -0.145. The number of fused-ring (bicyclic) bond motifs is 4. The first-order valence-electron chi connectivity index (χ1n) is 8.75. The van der Waals surface area contributed by atoms with Gasteiger partial charge >= 0.3 is 0 Å². The molecule has 0 aromatic heterocycles. The summed E-state index contributed by atoms with van der Waals surface area (Å²) in [5.41, 5.74) is 2.03. The van der Waals surface area contributed by atoms with Gasteiger partial charge in [0.1, 0.15) is 11.4 Å². The summed E-state index contributed by atoms with van der Waals surface area (Å²) in [7, 11) is -3.13. The molecule has 1 aromatic rings. The standard InChI is InChI=1S/C18H25NO4S/c1-13-5-6-14-16(12-13)23-18(15-4-3-11-22-17(14)15)7-9-19(10-8-18)24(2,20)21/h5-6,12,15,17H,3-4,7-11H2,1-2H3/t15-,17+/m0/s1. The van der Waals surface area contributed by atoms with Crippen molar-refractivity contribution in [2.75, 3.05) is 26.0 Å². The monoisotopic (exact) mass is 351 g/mol. The second kappa shape index (κ2) is 5.71. The van der Waals surface area contributed by atoms with Gasteiger partial charge in [-0.15, -0.1) is 0 Å². The van der Waals surface area contributed by atoms with E-state index in [2.05, 4.69) is 25.1 Å². The molecule has 0 bridgehead atoms. The molecule has 2 atom stereocenters. The number of sulfonamides is 1. The van der Waals surface area contributed by atoms with E-state index < -0.39 is 10.0 Å². The number of rotatable bonds is 1. The minimum atomic E-state index is -3.13. The molecule has 0 aliphatic carbocycles. The molecule has 0 N–H and O–H groups in total. The van der Waals surface area contributed by atoms with Crippen LogP contribution in [0.1, 0.15) is 42.9 Å².